The van der Waals surface area contributed by atoms with Crippen LogP contribution in [0, 0.1) is 5.92 Å². The topological polar surface area (TPSA) is 76.8 Å². The van der Waals surface area contributed by atoms with Gasteiger partial charge in [-0.1, -0.05) is 6.92 Å². The summed E-state index contributed by atoms with van der Waals surface area (Å²) >= 11 is 0. The van der Waals surface area contributed by atoms with Crippen LogP contribution in [0.3, 0.4) is 0 Å². The zero-order chi connectivity index (χ0) is 16.1. The van der Waals surface area contributed by atoms with Gasteiger partial charge in [0.1, 0.15) is 5.69 Å². The maximum Gasteiger partial charge on any atom is 0.271 e. The van der Waals surface area contributed by atoms with Crippen LogP contribution in [0.1, 0.15) is 36.3 Å². The highest BCUT2D eigenvalue weighted by Crippen LogP contribution is 2.15. The first-order valence-corrected chi connectivity index (χ1v) is 8.22. The van der Waals surface area contributed by atoms with E-state index in [9.17, 15) is 4.79 Å². The molecule has 0 saturated carbocycles. The Kier molecular flexibility index (Phi) is 5.07. The number of piperidine rings is 1. The molecular formula is C16H24N6O. The van der Waals surface area contributed by atoms with Crippen LogP contribution in [0.2, 0.25) is 0 Å². The molecule has 2 N–H and O–H groups in total. The van der Waals surface area contributed by atoms with Gasteiger partial charge in [-0.05, 0) is 31.4 Å². The number of rotatable bonds is 6. The van der Waals surface area contributed by atoms with Crippen molar-refractivity contribution in [3.63, 3.8) is 0 Å². The third-order valence-electron chi connectivity index (χ3n) is 4.18. The van der Waals surface area contributed by atoms with Gasteiger partial charge in [-0.25, -0.2) is 4.98 Å². The molecular weight excluding hydrogens is 292 g/mol. The van der Waals surface area contributed by atoms with Crippen molar-refractivity contribution in [1.29, 1.82) is 0 Å². The maximum absolute atomic E-state index is 12.2. The predicted octanol–water partition coefficient (Wildman–Crippen LogP) is 1.07. The van der Waals surface area contributed by atoms with Crippen LogP contribution in [-0.4, -0.2) is 44.9 Å². The number of carbonyl (C=O) groups excluding carboxylic acids is 1. The fraction of sp³-hybridized carbons (Fsp3) is 0.562. The molecule has 0 aliphatic carbocycles. The first-order chi connectivity index (χ1) is 11.2. The minimum absolute atomic E-state index is 0.106. The summed E-state index contributed by atoms with van der Waals surface area (Å²) in [5, 5.41) is 10.8. The third kappa shape index (κ3) is 4.19. The second-order valence-electron chi connectivity index (χ2n) is 6.26. The van der Waals surface area contributed by atoms with Crippen LogP contribution < -0.4 is 10.6 Å². The fourth-order valence-electron chi connectivity index (χ4n) is 2.90. The Labute approximate surface area is 136 Å². The first kappa shape index (κ1) is 15.7. The van der Waals surface area contributed by atoms with Crippen LogP contribution in [0.5, 0.6) is 0 Å². The second kappa shape index (κ2) is 7.41. The van der Waals surface area contributed by atoms with E-state index in [-0.39, 0.29) is 5.91 Å². The van der Waals surface area contributed by atoms with E-state index in [0.717, 1.165) is 32.5 Å². The number of nitrogens with zero attached hydrogens (tertiary/aromatic N) is 4. The smallest absolute Gasteiger partial charge is 0.271 e. The molecule has 7 heteroatoms. The molecule has 2 aromatic heterocycles. The van der Waals surface area contributed by atoms with Gasteiger partial charge in [-0.15, -0.1) is 0 Å². The Morgan fingerprint density at radius 1 is 1.52 bits per heavy atom. The first-order valence-electron chi connectivity index (χ1n) is 8.22. The zero-order valence-electron chi connectivity index (χ0n) is 13.5. The highest BCUT2D eigenvalue weighted by atomic mass is 16.1. The maximum atomic E-state index is 12.2. The van der Waals surface area contributed by atoms with E-state index in [1.807, 2.05) is 21.6 Å². The number of hydrogen-bond donors (Lipinski definition) is 2. The van der Waals surface area contributed by atoms with Gasteiger partial charge in [0.25, 0.3) is 5.91 Å². The summed E-state index contributed by atoms with van der Waals surface area (Å²) in [6, 6.07) is 2.15. The molecule has 1 aliphatic rings. The Morgan fingerprint density at radius 3 is 3.17 bits per heavy atom. The third-order valence-corrected chi connectivity index (χ3v) is 4.18. The summed E-state index contributed by atoms with van der Waals surface area (Å²) in [4.78, 5) is 16.2. The number of imidazole rings is 1. The monoisotopic (exact) mass is 316 g/mol. The van der Waals surface area contributed by atoms with Gasteiger partial charge >= 0.3 is 0 Å². The van der Waals surface area contributed by atoms with Crippen LogP contribution in [0.15, 0.2) is 31.0 Å². The summed E-state index contributed by atoms with van der Waals surface area (Å²) in [6.45, 7) is 5.55. The van der Waals surface area contributed by atoms with Crippen molar-refractivity contribution < 1.29 is 4.79 Å². The summed E-state index contributed by atoms with van der Waals surface area (Å²) in [5.41, 5.74) is 0.491. The molecule has 1 amide bonds. The van der Waals surface area contributed by atoms with Crippen molar-refractivity contribution in [1.82, 2.24) is 30.0 Å². The molecule has 7 nitrogen and oxygen atoms in total. The van der Waals surface area contributed by atoms with E-state index in [1.54, 1.807) is 18.6 Å². The van der Waals surface area contributed by atoms with Gasteiger partial charge in [-0.2, -0.15) is 5.10 Å². The minimum atomic E-state index is -0.106. The van der Waals surface area contributed by atoms with Crippen LogP contribution in [-0.2, 0) is 6.54 Å². The van der Waals surface area contributed by atoms with E-state index in [1.165, 1.54) is 0 Å². The van der Waals surface area contributed by atoms with Crippen molar-refractivity contribution >= 4 is 5.91 Å². The molecule has 2 unspecified atom stereocenters. The average molecular weight is 316 g/mol. The molecule has 2 atom stereocenters. The number of amides is 1. The van der Waals surface area contributed by atoms with Gasteiger partial charge in [-0.3, -0.25) is 9.48 Å². The lowest BCUT2D eigenvalue weighted by molar-refractivity contribution is 0.0940. The van der Waals surface area contributed by atoms with Crippen LogP contribution in [0.4, 0.5) is 0 Å². The Bertz CT molecular complexity index is 614. The summed E-state index contributed by atoms with van der Waals surface area (Å²) in [7, 11) is 0. The summed E-state index contributed by atoms with van der Waals surface area (Å²) < 4.78 is 3.93. The Morgan fingerprint density at radius 2 is 2.43 bits per heavy atom. The van der Waals surface area contributed by atoms with Crippen molar-refractivity contribution in [2.75, 3.05) is 19.6 Å². The van der Waals surface area contributed by atoms with Crippen molar-refractivity contribution in [2.24, 2.45) is 5.92 Å². The number of aromatic nitrogens is 4. The molecule has 23 heavy (non-hydrogen) atoms. The van der Waals surface area contributed by atoms with Gasteiger partial charge in [0.2, 0.25) is 0 Å². The van der Waals surface area contributed by atoms with E-state index in [0.29, 0.717) is 24.2 Å². The number of nitrogens with one attached hydrogen (secondary N) is 2. The van der Waals surface area contributed by atoms with E-state index >= 15 is 0 Å². The molecule has 0 radical (unpaired) electrons. The number of hydrogen-bond acceptors (Lipinski definition) is 4. The summed E-state index contributed by atoms with van der Waals surface area (Å²) in [6.07, 6.45) is 9.64. The van der Waals surface area contributed by atoms with Gasteiger partial charge in [0.05, 0.1) is 12.4 Å². The second-order valence-corrected chi connectivity index (χ2v) is 6.26. The predicted molar refractivity (Wildman–Crippen MR) is 87.1 cm³/mol. The van der Waals surface area contributed by atoms with E-state index in [2.05, 4.69) is 27.6 Å². The Hall–Kier alpha value is -2.15. The molecule has 3 rings (SSSR count). The van der Waals surface area contributed by atoms with Crippen molar-refractivity contribution in [2.45, 2.75) is 32.4 Å². The molecule has 0 aromatic carbocycles. The molecule has 1 fully saturated rings. The molecule has 1 saturated heterocycles. The van der Waals surface area contributed by atoms with Gasteiger partial charge in [0.15, 0.2) is 0 Å². The molecule has 0 spiro atoms. The number of carbonyl (C=O) groups is 1. The van der Waals surface area contributed by atoms with E-state index < -0.39 is 0 Å². The highest BCUT2D eigenvalue weighted by Gasteiger charge is 2.17. The van der Waals surface area contributed by atoms with Crippen LogP contribution >= 0.6 is 0 Å². The zero-order valence-corrected chi connectivity index (χ0v) is 13.5. The lowest BCUT2D eigenvalue weighted by atomic mass is 10.1. The minimum Gasteiger partial charge on any atom is -0.350 e. The lowest BCUT2D eigenvalue weighted by Crippen LogP contribution is -2.32. The molecule has 1 aliphatic heterocycles. The summed E-state index contributed by atoms with van der Waals surface area (Å²) in [5.74, 6) is 0.225. The van der Waals surface area contributed by atoms with Crippen molar-refractivity contribution in [3.05, 3.63) is 36.7 Å². The standard InChI is InChI=1S/C16H24N6O/c1-13(11-21-8-6-18-12-21)9-19-16(23)15-4-7-22(20-15)14-3-2-5-17-10-14/h4,6-8,12-14,17H,2-3,5,9-11H2,1H3,(H,19,23). The molecule has 2 aromatic rings. The highest BCUT2D eigenvalue weighted by molar-refractivity contribution is 5.92. The quantitative estimate of drug-likeness (QED) is 0.836. The van der Waals surface area contributed by atoms with E-state index in [4.69, 9.17) is 0 Å². The Balaban J connectivity index is 1.49. The van der Waals surface area contributed by atoms with Gasteiger partial charge in [0, 0.05) is 38.2 Å². The molecule has 3 heterocycles. The largest absolute Gasteiger partial charge is 0.350 e. The molecule has 0 bridgehead atoms. The molecule has 124 valence electrons. The SMILES string of the molecule is CC(CNC(=O)c1ccn(C2CCCNC2)n1)Cn1ccnc1. The van der Waals surface area contributed by atoms with Crippen molar-refractivity contribution in [3.8, 4) is 0 Å². The fourth-order valence-corrected chi connectivity index (χ4v) is 2.90. The van der Waals surface area contributed by atoms with Gasteiger partial charge < -0.3 is 15.2 Å². The normalized spacial score (nSPS) is 19.4. The lowest BCUT2D eigenvalue weighted by Gasteiger charge is -2.22. The van der Waals surface area contributed by atoms with Crippen LogP contribution in [0.25, 0.3) is 0 Å². The average Bonchev–Trinajstić information content (AvgIpc) is 3.25.